The van der Waals surface area contributed by atoms with E-state index in [-0.39, 0.29) is 11.7 Å². The number of amides is 1. The van der Waals surface area contributed by atoms with E-state index in [9.17, 15) is 9.18 Å². The van der Waals surface area contributed by atoms with Crippen molar-refractivity contribution in [1.29, 1.82) is 0 Å². The van der Waals surface area contributed by atoms with Gasteiger partial charge in [-0.05, 0) is 30.3 Å². The van der Waals surface area contributed by atoms with Crippen molar-refractivity contribution >= 4 is 17.3 Å². The molecule has 4 heteroatoms. The minimum Gasteiger partial charge on any atom is -0.370 e. The summed E-state index contributed by atoms with van der Waals surface area (Å²) in [5.74, 6) is -0.391. The lowest BCUT2D eigenvalue weighted by molar-refractivity contribution is -0.116. The largest absolute Gasteiger partial charge is 0.370 e. The molecule has 2 aromatic rings. The van der Waals surface area contributed by atoms with Crippen LogP contribution in [0.3, 0.4) is 0 Å². The predicted octanol–water partition coefficient (Wildman–Crippen LogP) is 2.93. The predicted molar refractivity (Wildman–Crippen MR) is 67.8 cm³/mol. The number of carbonyl (C=O) groups is 1. The van der Waals surface area contributed by atoms with E-state index in [1.165, 1.54) is 12.1 Å². The Morgan fingerprint density at radius 2 is 1.78 bits per heavy atom. The van der Waals surface area contributed by atoms with Gasteiger partial charge in [0.1, 0.15) is 11.9 Å². The van der Waals surface area contributed by atoms with Crippen LogP contribution in [0, 0.1) is 5.82 Å². The molecule has 2 aromatic carbocycles. The smallest absolute Gasteiger partial charge is 0.251 e. The number of carbonyl (C=O) groups excluding carboxylic acids is 1. The molecule has 1 aliphatic rings. The number of hydrogen-bond acceptors (Lipinski definition) is 2. The molecule has 0 aromatic heterocycles. The molecular weight excluding hydrogens is 231 g/mol. The zero-order valence-corrected chi connectivity index (χ0v) is 9.48. The van der Waals surface area contributed by atoms with Crippen molar-refractivity contribution < 1.29 is 9.18 Å². The first-order valence-electron chi connectivity index (χ1n) is 5.66. The molecule has 1 aliphatic heterocycles. The highest BCUT2D eigenvalue weighted by Crippen LogP contribution is 2.32. The van der Waals surface area contributed by atoms with Gasteiger partial charge in [0, 0.05) is 16.9 Å². The molecule has 0 aliphatic carbocycles. The van der Waals surface area contributed by atoms with Crippen LogP contribution in [0.4, 0.5) is 15.8 Å². The summed E-state index contributed by atoms with van der Waals surface area (Å²) < 4.78 is 12.8. The number of rotatable bonds is 2. The second-order valence-electron chi connectivity index (χ2n) is 4.16. The van der Waals surface area contributed by atoms with Gasteiger partial charge in [-0.25, -0.2) is 4.39 Å². The fraction of sp³-hybridized carbons (Fsp3) is 0.0714. The van der Waals surface area contributed by atoms with E-state index in [1.807, 2.05) is 24.3 Å². The Labute approximate surface area is 104 Å². The molecule has 1 unspecified atom stereocenters. The third-order valence-electron chi connectivity index (χ3n) is 2.95. The normalized spacial score (nSPS) is 17.2. The van der Waals surface area contributed by atoms with Gasteiger partial charge in [0.25, 0.3) is 5.91 Å². The highest BCUT2D eigenvalue weighted by atomic mass is 19.1. The second-order valence-corrected chi connectivity index (χ2v) is 4.16. The summed E-state index contributed by atoms with van der Waals surface area (Å²) in [5.41, 5.74) is 2.45. The lowest BCUT2D eigenvalue weighted by Gasteiger charge is -2.12. The lowest BCUT2D eigenvalue weighted by atomic mass is 10.1. The van der Waals surface area contributed by atoms with Crippen molar-refractivity contribution in [2.24, 2.45) is 0 Å². The van der Waals surface area contributed by atoms with Crippen molar-refractivity contribution in [2.45, 2.75) is 6.04 Å². The summed E-state index contributed by atoms with van der Waals surface area (Å²) in [7, 11) is 0. The zero-order chi connectivity index (χ0) is 12.5. The van der Waals surface area contributed by atoms with Crippen LogP contribution in [-0.2, 0) is 4.79 Å². The van der Waals surface area contributed by atoms with E-state index in [0.717, 1.165) is 11.3 Å². The van der Waals surface area contributed by atoms with E-state index in [4.69, 9.17) is 0 Å². The van der Waals surface area contributed by atoms with Crippen LogP contribution in [0.25, 0.3) is 0 Å². The first-order valence-corrected chi connectivity index (χ1v) is 5.66. The molecule has 1 atom stereocenters. The molecule has 18 heavy (non-hydrogen) atoms. The van der Waals surface area contributed by atoms with E-state index in [2.05, 4.69) is 10.6 Å². The van der Waals surface area contributed by atoms with Crippen LogP contribution >= 0.6 is 0 Å². The lowest BCUT2D eigenvalue weighted by Crippen LogP contribution is -2.19. The summed E-state index contributed by atoms with van der Waals surface area (Å²) in [6, 6.07) is 13.0. The van der Waals surface area contributed by atoms with Gasteiger partial charge in [-0.3, -0.25) is 4.79 Å². The number of para-hydroxylation sites is 1. The summed E-state index contributed by atoms with van der Waals surface area (Å²) in [5, 5.41) is 5.90. The summed E-state index contributed by atoms with van der Waals surface area (Å²) in [4.78, 5) is 11.9. The van der Waals surface area contributed by atoms with Crippen molar-refractivity contribution in [3.63, 3.8) is 0 Å². The molecular formula is C14H11FN2O. The fourth-order valence-electron chi connectivity index (χ4n) is 2.06. The molecule has 1 amide bonds. The molecule has 0 saturated carbocycles. The Bertz CT molecular complexity index is 595. The van der Waals surface area contributed by atoms with Crippen molar-refractivity contribution in [3.05, 3.63) is 59.9 Å². The maximum absolute atomic E-state index is 12.8. The van der Waals surface area contributed by atoms with Crippen LogP contribution in [0.2, 0.25) is 0 Å². The molecule has 0 radical (unpaired) electrons. The topological polar surface area (TPSA) is 41.1 Å². The highest BCUT2D eigenvalue weighted by molar-refractivity contribution is 6.04. The van der Waals surface area contributed by atoms with Crippen molar-refractivity contribution in [3.8, 4) is 0 Å². The van der Waals surface area contributed by atoms with Crippen LogP contribution in [0.15, 0.2) is 48.5 Å². The van der Waals surface area contributed by atoms with Crippen molar-refractivity contribution in [2.75, 3.05) is 10.6 Å². The Kier molecular flexibility index (Phi) is 2.48. The molecule has 90 valence electrons. The molecule has 2 N–H and O–H groups in total. The summed E-state index contributed by atoms with van der Waals surface area (Å²) >= 11 is 0. The first kappa shape index (κ1) is 10.8. The summed E-state index contributed by atoms with van der Waals surface area (Å²) in [6.45, 7) is 0. The van der Waals surface area contributed by atoms with Crippen LogP contribution in [-0.4, -0.2) is 5.91 Å². The van der Waals surface area contributed by atoms with Gasteiger partial charge in [0.2, 0.25) is 0 Å². The van der Waals surface area contributed by atoms with E-state index in [0.29, 0.717) is 5.69 Å². The maximum Gasteiger partial charge on any atom is 0.251 e. The number of fused-ring (bicyclic) bond motifs is 1. The number of benzene rings is 2. The van der Waals surface area contributed by atoms with Crippen molar-refractivity contribution in [1.82, 2.24) is 0 Å². The Hall–Kier alpha value is -2.36. The number of nitrogens with one attached hydrogen (secondary N) is 2. The molecule has 0 spiro atoms. The van der Waals surface area contributed by atoms with Gasteiger partial charge in [0.05, 0.1) is 0 Å². The van der Waals surface area contributed by atoms with Crippen LogP contribution in [0.1, 0.15) is 11.6 Å². The fourth-order valence-corrected chi connectivity index (χ4v) is 2.06. The molecule has 3 nitrogen and oxygen atoms in total. The molecule has 1 heterocycles. The number of hydrogen-bond donors (Lipinski definition) is 2. The minimum atomic E-state index is -0.424. The molecule has 3 rings (SSSR count). The summed E-state index contributed by atoms with van der Waals surface area (Å²) in [6.07, 6.45) is 0. The Morgan fingerprint density at radius 3 is 2.56 bits per heavy atom. The number of halogens is 1. The average molecular weight is 242 g/mol. The van der Waals surface area contributed by atoms with E-state index < -0.39 is 6.04 Å². The standard InChI is InChI=1S/C14H11FN2O/c15-9-5-7-10(8-6-9)16-13-11-3-1-2-4-12(11)17-14(13)18/h1-8,13,16H,(H,17,18). The average Bonchev–Trinajstić information content (AvgIpc) is 2.69. The van der Waals surface area contributed by atoms with Gasteiger partial charge < -0.3 is 10.6 Å². The van der Waals surface area contributed by atoms with Crippen LogP contribution < -0.4 is 10.6 Å². The first-order chi connectivity index (χ1) is 8.74. The highest BCUT2D eigenvalue weighted by Gasteiger charge is 2.29. The quantitative estimate of drug-likeness (QED) is 0.850. The molecule has 0 bridgehead atoms. The van der Waals surface area contributed by atoms with Gasteiger partial charge in [0.15, 0.2) is 0 Å². The van der Waals surface area contributed by atoms with Gasteiger partial charge in [-0.15, -0.1) is 0 Å². The minimum absolute atomic E-state index is 0.0967. The Morgan fingerprint density at radius 1 is 1.06 bits per heavy atom. The third kappa shape index (κ3) is 1.82. The SMILES string of the molecule is O=C1Nc2ccccc2C1Nc1ccc(F)cc1. The van der Waals surface area contributed by atoms with Gasteiger partial charge in [-0.1, -0.05) is 18.2 Å². The molecule has 0 fully saturated rings. The Balaban J connectivity index is 1.89. The van der Waals surface area contributed by atoms with E-state index in [1.54, 1.807) is 12.1 Å². The van der Waals surface area contributed by atoms with E-state index >= 15 is 0 Å². The number of anilines is 2. The third-order valence-corrected chi connectivity index (χ3v) is 2.95. The zero-order valence-electron chi connectivity index (χ0n) is 9.48. The van der Waals surface area contributed by atoms with Gasteiger partial charge in [-0.2, -0.15) is 0 Å². The van der Waals surface area contributed by atoms with Gasteiger partial charge >= 0.3 is 0 Å². The molecule has 0 saturated heterocycles. The second kappa shape index (κ2) is 4.14. The maximum atomic E-state index is 12.8. The monoisotopic (exact) mass is 242 g/mol. The van der Waals surface area contributed by atoms with Crippen LogP contribution in [0.5, 0.6) is 0 Å².